The number of para-hydroxylation sites is 2. The molecule has 1 saturated carbocycles. The van der Waals surface area contributed by atoms with E-state index >= 15 is 0 Å². The predicted molar refractivity (Wildman–Crippen MR) is 117 cm³/mol. The molecule has 3 N–H and O–H groups in total. The molecule has 0 amide bonds. The number of carbonyl (C=O) groups excluding carboxylic acids is 1. The Bertz CT molecular complexity index is 1200. The van der Waals surface area contributed by atoms with Crippen LogP contribution in [0.4, 0.5) is 15.8 Å². The van der Waals surface area contributed by atoms with Crippen molar-refractivity contribution in [1.29, 1.82) is 0 Å². The number of benzene rings is 2. The number of rotatable bonds is 3. The van der Waals surface area contributed by atoms with Crippen LogP contribution in [0, 0.1) is 5.82 Å². The molecule has 1 aromatic heterocycles. The second-order valence-electron chi connectivity index (χ2n) is 7.89. The number of hydrogen-bond donors (Lipinski definition) is 2. The van der Waals surface area contributed by atoms with Crippen molar-refractivity contribution in [3.8, 4) is 5.75 Å². The van der Waals surface area contributed by atoms with E-state index in [1.54, 1.807) is 28.8 Å². The zero-order chi connectivity index (χ0) is 22.8. The molecule has 0 bridgehead atoms. The number of nitrogens with zero attached hydrogens (tertiary/aromatic N) is 2. The van der Waals surface area contributed by atoms with Crippen LogP contribution in [0.2, 0.25) is 0 Å². The van der Waals surface area contributed by atoms with Gasteiger partial charge in [-0.05, 0) is 31.0 Å². The summed E-state index contributed by atoms with van der Waals surface area (Å²) in [5.41, 5.74) is 5.46. The number of hydrogen-bond acceptors (Lipinski definition) is 7. The molecule has 1 aliphatic carbocycles. The maximum Gasteiger partial charge on any atom is 4.00 e. The molecule has 0 spiro atoms. The SMILES string of the molecule is Nc1ccccc1[O-].O=C([O-])c1cn(C2CC2)c2cc(N3CCNCC3)c(F)cc2c1=O.[O-2].[V+4]. The van der Waals surface area contributed by atoms with Crippen molar-refractivity contribution in [2.24, 2.45) is 0 Å². The van der Waals surface area contributed by atoms with Gasteiger partial charge in [0.05, 0.1) is 22.7 Å². The van der Waals surface area contributed by atoms with Crippen molar-refractivity contribution in [1.82, 2.24) is 9.88 Å². The number of piperazine rings is 1. The van der Waals surface area contributed by atoms with Gasteiger partial charge in [-0.3, -0.25) is 4.79 Å². The average molecular weight is 505 g/mol. The number of nitrogen functional groups attached to an aromatic ring is 1. The second kappa shape index (κ2) is 11.4. The number of nitrogens with one attached hydrogen (secondary N) is 1. The summed E-state index contributed by atoms with van der Waals surface area (Å²) < 4.78 is 16.4. The first kappa shape index (κ1) is 27.2. The second-order valence-corrected chi connectivity index (χ2v) is 7.89. The fourth-order valence-corrected chi connectivity index (χ4v) is 3.79. The third kappa shape index (κ3) is 5.71. The Balaban J connectivity index is 0.000000351. The molecule has 0 atom stereocenters. The van der Waals surface area contributed by atoms with Crippen LogP contribution >= 0.6 is 0 Å². The minimum atomic E-state index is -1.53. The van der Waals surface area contributed by atoms with Crippen molar-refractivity contribution >= 4 is 28.2 Å². The molecule has 1 aliphatic heterocycles. The van der Waals surface area contributed by atoms with Gasteiger partial charge in [-0.15, -0.1) is 0 Å². The maximum absolute atomic E-state index is 14.6. The quantitative estimate of drug-likeness (QED) is 0.491. The number of fused-ring (bicyclic) bond motifs is 1. The molecule has 2 fully saturated rings. The average Bonchev–Trinajstić information content (AvgIpc) is 3.62. The van der Waals surface area contributed by atoms with Gasteiger partial charge in [-0.25, -0.2) is 4.39 Å². The van der Waals surface area contributed by atoms with Crippen molar-refractivity contribution < 1.29 is 43.4 Å². The van der Waals surface area contributed by atoms with E-state index in [-0.39, 0.29) is 41.2 Å². The molecule has 34 heavy (non-hydrogen) atoms. The fourth-order valence-electron chi connectivity index (χ4n) is 3.79. The van der Waals surface area contributed by atoms with E-state index in [0.717, 1.165) is 25.9 Å². The van der Waals surface area contributed by atoms with E-state index in [9.17, 15) is 24.2 Å². The van der Waals surface area contributed by atoms with Crippen LogP contribution in [-0.4, -0.2) is 36.7 Å². The van der Waals surface area contributed by atoms with Crippen LogP contribution in [0.25, 0.3) is 10.9 Å². The first-order valence-electron chi connectivity index (χ1n) is 10.4. The number of halogens is 1. The summed E-state index contributed by atoms with van der Waals surface area (Å²) in [7, 11) is 0. The third-order valence-corrected chi connectivity index (χ3v) is 5.64. The van der Waals surface area contributed by atoms with Crippen molar-refractivity contribution in [3.05, 3.63) is 64.2 Å². The molecule has 2 heterocycles. The molecule has 1 saturated heterocycles. The van der Waals surface area contributed by atoms with E-state index in [1.807, 2.05) is 4.90 Å². The molecular formula is C23H23FN4O5V. The van der Waals surface area contributed by atoms with E-state index in [0.29, 0.717) is 30.0 Å². The molecule has 177 valence electrons. The first-order chi connectivity index (χ1) is 15.4. The van der Waals surface area contributed by atoms with Crippen molar-refractivity contribution in [2.45, 2.75) is 18.9 Å². The Morgan fingerprint density at radius 2 is 1.79 bits per heavy atom. The Kier molecular flexibility index (Phi) is 9.11. The Labute approximate surface area is 207 Å². The van der Waals surface area contributed by atoms with Crippen LogP contribution in [0.5, 0.6) is 5.75 Å². The Hall–Kier alpha value is -3.05. The standard InChI is InChI=1S/C17H18FN3O3.C6H7NO.O.V/c18-13-7-11-14(8-15(13)20-5-3-19-4-6-20)21(10-1-2-10)9-12(16(11)22)17(23)24;7-5-3-1-2-4-6(5)8;;/h7-10,19H,1-6H2,(H,23,24);1-4,8H,7H2;;/q;;-2;+4/p-2. The third-order valence-electron chi connectivity index (χ3n) is 5.64. The maximum atomic E-state index is 14.6. The number of pyridine rings is 1. The zero-order valence-corrected chi connectivity index (χ0v) is 19.6. The number of carboxylic acids is 1. The molecule has 1 radical (unpaired) electrons. The number of carboxylic acid groups (broad SMARTS) is 1. The van der Waals surface area contributed by atoms with Gasteiger partial charge in [0.2, 0.25) is 0 Å². The van der Waals surface area contributed by atoms with Gasteiger partial charge in [0, 0.05) is 49.5 Å². The summed E-state index contributed by atoms with van der Waals surface area (Å²) in [6, 6.07) is 9.43. The minimum Gasteiger partial charge on any atom is -2.00 e. The summed E-state index contributed by atoms with van der Waals surface area (Å²) in [6.45, 7) is 2.92. The van der Waals surface area contributed by atoms with Gasteiger partial charge in [-0.2, -0.15) is 0 Å². The first-order valence-corrected chi connectivity index (χ1v) is 10.4. The topological polar surface area (TPSA) is 155 Å². The summed E-state index contributed by atoms with van der Waals surface area (Å²) in [5, 5.41) is 25.0. The van der Waals surface area contributed by atoms with Gasteiger partial charge in [0.15, 0.2) is 5.43 Å². The normalized spacial score (nSPS) is 14.9. The van der Waals surface area contributed by atoms with Gasteiger partial charge in [-0.1, -0.05) is 23.9 Å². The van der Waals surface area contributed by atoms with Crippen molar-refractivity contribution in [3.63, 3.8) is 0 Å². The number of aromatic carboxylic acids is 1. The summed E-state index contributed by atoms with van der Waals surface area (Å²) in [6.07, 6.45) is 3.19. The summed E-state index contributed by atoms with van der Waals surface area (Å²) >= 11 is 0. The number of anilines is 2. The number of nitrogens with two attached hydrogens (primary N) is 1. The van der Waals surface area contributed by atoms with Gasteiger partial charge < -0.3 is 41.0 Å². The minimum absolute atomic E-state index is 0. The largest absolute Gasteiger partial charge is 4.00 e. The number of carbonyl (C=O) groups is 1. The smallest absolute Gasteiger partial charge is 2.00 e. The van der Waals surface area contributed by atoms with Crippen LogP contribution in [0.1, 0.15) is 29.2 Å². The molecule has 11 heteroatoms. The van der Waals surface area contributed by atoms with E-state index in [1.165, 1.54) is 18.3 Å². The molecule has 0 unspecified atom stereocenters. The molecule has 5 rings (SSSR count). The summed E-state index contributed by atoms with van der Waals surface area (Å²) in [4.78, 5) is 25.6. The van der Waals surface area contributed by atoms with Crippen LogP contribution in [0.3, 0.4) is 0 Å². The van der Waals surface area contributed by atoms with Crippen LogP contribution < -0.4 is 31.6 Å². The van der Waals surface area contributed by atoms with E-state index in [4.69, 9.17) is 5.73 Å². The van der Waals surface area contributed by atoms with E-state index < -0.39 is 22.8 Å². The monoisotopic (exact) mass is 505 g/mol. The van der Waals surface area contributed by atoms with Gasteiger partial charge in [0.25, 0.3) is 0 Å². The summed E-state index contributed by atoms with van der Waals surface area (Å²) in [5.74, 6) is -2.13. The molecule has 2 aliphatic rings. The molecule has 9 nitrogen and oxygen atoms in total. The number of aromatic nitrogens is 1. The Morgan fingerprint density at radius 3 is 2.32 bits per heavy atom. The molecular weight excluding hydrogens is 482 g/mol. The van der Waals surface area contributed by atoms with Crippen LogP contribution in [0.15, 0.2) is 47.4 Å². The molecule has 3 aromatic rings. The van der Waals surface area contributed by atoms with E-state index in [2.05, 4.69) is 5.32 Å². The zero-order valence-electron chi connectivity index (χ0n) is 18.2. The van der Waals surface area contributed by atoms with Gasteiger partial charge in [0.1, 0.15) is 5.82 Å². The van der Waals surface area contributed by atoms with Crippen LogP contribution in [-0.2, 0) is 24.0 Å². The Morgan fingerprint density at radius 1 is 1.15 bits per heavy atom. The van der Waals surface area contributed by atoms with Crippen molar-refractivity contribution in [2.75, 3.05) is 36.8 Å². The van der Waals surface area contributed by atoms with Gasteiger partial charge >= 0.3 is 18.6 Å². The fraction of sp³-hybridized carbons (Fsp3) is 0.304. The molecule has 2 aromatic carbocycles. The predicted octanol–water partition coefficient (Wildman–Crippen LogP) is 0.470.